The summed E-state index contributed by atoms with van der Waals surface area (Å²) in [5.74, 6) is -3.82. The molecule has 0 unspecified atom stereocenters. The topological polar surface area (TPSA) is 130 Å². The lowest BCUT2D eigenvalue weighted by molar-refractivity contribution is -0.129. The SMILES string of the molecule is CCC(C)(C)C(=O)NCCOC(=O)c1cc(C(=O)O)ccc1C(=O)O. The molecule has 0 aliphatic carbocycles. The highest BCUT2D eigenvalue weighted by Gasteiger charge is 2.25. The molecule has 25 heavy (non-hydrogen) atoms. The number of ether oxygens (including phenoxy) is 1. The van der Waals surface area contributed by atoms with Crippen LogP contribution in [0.1, 0.15) is 58.3 Å². The monoisotopic (exact) mass is 351 g/mol. The third kappa shape index (κ3) is 5.30. The zero-order valence-electron chi connectivity index (χ0n) is 14.3. The Hall–Kier alpha value is -2.90. The van der Waals surface area contributed by atoms with Crippen LogP contribution in [0.4, 0.5) is 0 Å². The zero-order chi connectivity index (χ0) is 19.2. The summed E-state index contributed by atoms with van der Waals surface area (Å²) >= 11 is 0. The molecule has 0 aliphatic rings. The maximum Gasteiger partial charge on any atom is 0.339 e. The highest BCUT2D eigenvalue weighted by Crippen LogP contribution is 2.19. The average Bonchev–Trinajstić information content (AvgIpc) is 2.57. The van der Waals surface area contributed by atoms with Crippen LogP contribution in [0, 0.1) is 5.41 Å². The number of rotatable bonds is 8. The number of benzene rings is 1. The third-order valence-corrected chi connectivity index (χ3v) is 3.84. The Bertz CT molecular complexity index is 694. The highest BCUT2D eigenvalue weighted by molar-refractivity contribution is 6.04. The van der Waals surface area contributed by atoms with Gasteiger partial charge in [0.05, 0.1) is 23.2 Å². The lowest BCUT2D eigenvalue weighted by Crippen LogP contribution is -2.38. The Morgan fingerprint density at radius 3 is 2.24 bits per heavy atom. The summed E-state index contributed by atoms with van der Waals surface area (Å²) < 4.78 is 4.94. The van der Waals surface area contributed by atoms with Gasteiger partial charge in [0.1, 0.15) is 6.61 Å². The Kier molecular flexibility index (Phi) is 6.67. The molecule has 3 N–H and O–H groups in total. The molecule has 0 heterocycles. The number of carboxylic acids is 2. The molecule has 0 saturated heterocycles. The number of hydrogen-bond acceptors (Lipinski definition) is 5. The number of nitrogens with one attached hydrogen (secondary N) is 1. The van der Waals surface area contributed by atoms with E-state index in [-0.39, 0.29) is 35.7 Å². The van der Waals surface area contributed by atoms with Gasteiger partial charge in [-0.2, -0.15) is 0 Å². The maximum atomic E-state index is 12.1. The predicted molar refractivity (Wildman–Crippen MR) is 87.7 cm³/mol. The number of aromatic carboxylic acids is 2. The van der Waals surface area contributed by atoms with Gasteiger partial charge < -0.3 is 20.3 Å². The summed E-state index contributed by atoms with van der Waals surface area (Å²) in [6.07, 6.45) is 0.641. The lowest BCUT2D eigenvalue weighted by atomic mass is 9.89. The van der Waals surface area contributed by atoms with Crippen LogP contribution in [0.2, 0.25) is 0 Å². The molecule has 0 radical (unpaired) electrons. The molecule has 0 saturated carbocycles. The molecular weight excluding hydrogens is 330 g/mol. The molecule has 1 rings (SSSR count). The summed E-state index contributed by atoms with van der Waals surface area (Å²) in [4.78, 5) is 46.1. The van der Waals surface area contributed by atoms with Crippen molar-refractivity contribution in [2.45, 2.75) is 27.2 Å². The van der Waals surface area contributed by atoms with E-state index < -0.39 is 23.3 Å². The Balaban J connectivity index is 2.74. The van der Waals surface area contributed by atoms with Crippen LogP contribution in [-0.2, 0) is 9.53 Å². The van der Waals surface area contributed by atoms with Crippen molar-refractivity contribution < 1.29 is 34.1 Å². The molecule has 1 aromatic rings. The van der Waals surface area contributed by atoms with Crippen molar-refractivity contribution in [2.24, 2.45) is 5.41 Å². The third-order valence-electron chi connectivity index (χ3n) is 3.84. The van der Waals surface area contributed by atoms with Crippen LogP contribution in [-0.4, -0.2) is 47.2 Å². The minimum atomic E-state index is -1.37. The number of esters is 1. The Labute approximate surface area is 144 Å². The van der Waals surface area contributed by atoms with E-state index in [4.69, 9.17) is 14.9 Å². The largest absolute Gasteiger partial charge is 0.478 e. The summed E-state index contributed by atoms with van der Waals surface area (Å²) in [7, 11) is 0. The first-order valence-electron chi connectivity index (χ1n) is 7.66. The molecule has 0 aliphatic heterocycles. The van der Waals surface area contributed by atoms with Crippen molar-refractivity contribution in [1.82, 2.24) is 5.32 Å². The fourth-order valence-electron chi connectivity index (χ4n) is 1.82. The molecule has 136 valence electrons. The van der Waals surface area contributed by atoms with E-state index >= 15 is 0 Å². The van der Waals surface area contributed by atoms with Crippen LogP contribution in [0.15, 0.2) is 18.2 Å². The van der Waals surface area contributed by atoms with Gasteiger partial charge in [0.25, 0.3) is 0 Å². The van der Waals surface area contributed by atoms with Gasteiger partial charge in [-0.05, 0) is 24.6 Å². The molecule has 8 nitrogen and oxygen atoms in total. The van der Waals surface area contributed by atoms with Crippen molar-refractivity contribution in [1.29, 1.82) is 0 Å². The van der Waals surface area contributed by atoms with Crippen molar-refractivity contribution >= 4 is 23.8 Å². The molecule has 0 fully saturated rings. The van der Waals surface area contributed by atoms with Gasteiger partial charge >= 0.3 is 17.9 Å². The van der Waals surface area contributed by atoms with E-state index in [1.54, 1.807) is 13.8 Å². The van der Waals surface area contributed by atoms with E-state index in [1.165, 1.54) is 0 Å². The molecule has 0 bridgehead atoms. The summed E-state index contributed by atoms with van der Waals surface area (Å²) in [5, 5.41) is 20.7. The second-order valence-electron chi connectivity index (χ2n) is 6.00. The van der Waals surface area contributed by atoms with Gasteiger partial charge in [-0.25, -0.2) is 14.4 Å². The molecule has 0 atom stereocenters. The second kappa shape index (κ2) is 8.27. The van der Waals surface area contributed by atoms with Gasteiger partial charge in [-0.1, -0.05) is 20.8 Å². The smallest absolute Gasteiger partial charge is 0.339 e. The fraction of sp³-hybridized carbons (Fsp3) is 0.412. The average molecular weight is 351 g/mol. The van der Waals surface area contributed by atoms with Crippen molar-refractivity contribution in [2.75, 3.05) is 13.2 Å². The van der Waals surface area contributed by atoms with Crippen LogP contribution >= 0.6 is 0 Å². The summed E-state index contributed by atoms with van der Waals surface area (Å²) in [6.45, 7) is 5.34. The Morgan fingerprint density at radius 2 is 1.72 bits per heavy atom. The quantitative estimate of drug-likeness (QED) is 0.481. The van der Waals surface area contributed by atoms with Gasteiger partial charge in [0, 0.05) is 5.41 Å². The van der Waals surface area contributed by atoms with E-state index in [9.17, 15) is 19.2 Å². The number of carbonyl (C=O) groups excluding carboxylic acids is 2. The number of carbonyl (C=O) groups is 4. The van der Waals surface area contributed by atoms with Crippen LogP contribution in [0.25, 0.3) is 0 Å². The predicted octanol–water partition coefficient (Wildman–Crippen LogP) is 1.79. The minimum Gasteiger partial charge on any atom is -0.478 e. The zero-order valence-corrected chi connectivity index (χ0v) is 14.3. The molecule has 0 spiro atoms. The van der Waals surface area contributed by atoms with Crippen LogP contribution in [0.5, 0.6) is 0 Å². The number of amides is 1. The normalized spacial score (nSPS) is 10.8. The van der Waals surface area contributed by atoms with Crippen molar-refractivity contribution in [3.8, 4) is 0 Å². The highest BCUT2D eigenvalue weighted by atomic mass is 16.5. The maximum absolute atomic E-state index is 12.1. The van der Waals surface area contributed by atoms with Gasteiger partial charge in [0.15, 0.2) is 0 Å². The van der Waals surface area contributed by atoms with Crippen molar-refractivity contribution in [3.63, 3.8) is 0 Å². The molecule has 0 aromatic heterocycles. The van der Waals surface area contributed by atoms with Crippen LogP contribution in [0.3, 0.4) is 0 Å². The first-order valence-corrected chi connectivity index (χ1v) is 7.66. The second-order valence-corrected chi connectivity index (χ2v) is 6.00. The van der Waals surface area contributed by atoms with E-state index in [0.29, 0.717) is 6.42 Å². The Morgan fingerprint density at radius 1 is 1.08 bits per heavy atom. The molecule has 1 aromatic carbocycles. The fourth-order valence-corrected chi connectivity index (χ4v) is 1.82. The number of hydrogen-bond donors (Lipinski definition) is 3. The van der Waals surface area contributed by atoms with Crippen LogP contribution < -0.4 is 5.32 Å². The van der Waals surface area contributed by atoms with E-state index in [0.717, 1.165) is 18.2 Å². The van der Waals surface area contributed by atoms with E-state index in [1.807, 2.05) is 6.92 Å². The molecular formula is C17H21NO7. The number of carboxylic acid groups (broad SMARTS) is 2. The first-order chi connectivity index (χ1) is 11.6. The summed E-state index contributed by atoms with van der Waals surface area (Å²) in [5.41, 5.74) is -1.48. The van der Waals surface area contributed by atoms with E-state index in [2.05, 4.69) is 5.32 Å². The minimum absolute atomic E-state index is 0.0645. The molecule has 1 amide bonds. The standard InChI is InChI=1S/C17H21NO7/c1-4-17(2,3)16(24)18-7-8-25-15(23)12-9-10(13(19)20)5-6-11(12)14(21)22/h5-6,9H,4,7-8H2,1-3H3,(H,18,24)(H,19,20)(H,21,22). The van der Waals surface area contributed by atoms with Gasteiger partial charge in [-0.15, -0.1) is 0 Å². The first kappa shape index (κ1) is 20.1. The molecule has 8 heteroatoms. The van der Waals surface area contributed by atoms with Crippen molar-refractivity contribution in [3.05, 3.63) is 34.9 Å². The van der Waals surface area contributed by atoms with Gasteiger partial charge in [-0.3, -0.25) is 4.79 Å². The lowest BCUT2D eigenvalue weighted by Gasteiger charge is -2.21. The summed E-state index contributed by atoms with van der Waals surface area (Å²) in [6, 6.07) is 3.08. The van der Waals surface area contributed by atoms with Gasteiger partial charge in [0.2, 0.25) is 5.91 Å².